The lowest BCUT2D eigenvalue weighted by Gasteiger charge is -2.28. The number of thioether (sulfide) groups is 1. The molecule has 0 aromatic heterocycles. The van der Waals surface area contributed by atoms with Crippen molar-refractivity contribution in [2.24, 2.45) is 0 Å². The number of hydrogen-bond donors (Lipinski definition) is 2. The molecule has 1 heterocycles. The maximum absolute atomic E-state index is 10.0. The fourth-order valence-corrected chi connectivity index (χ4v) is 2.98. The summed E-state index contributed by atoms with van der Waals surface area (Å²) in [7, 11) is 3.97. The zero-order valence-electron chi connectivity index (χ0n) is 9.42. The highest BCUT2D eigenvalue weighted by Crippen LogP contribution is 2.17. The Morgan fingerprint density at radius 1 is 1.57 bits per heavy atom. The van der Waals surface area contributed by atoms with E-state index in [0.29, 0.717) is 19.1 Å². The molecule has 1 rings (SSSR count). The van der Waals surface area contributed by atoms with Gasteiger partial charge < -0.3 is 15.3 Å². The number of nitrogens with one attached hydrogen (secondary N) is 1. The Morgan fingerprint density at radius 3 is 2.79 bits per heavy atom. The van der Waals surface area contributed by atoms with E-state index in [1.807, 2.05) is 37.7 Å². The summed E-state index contributed by atoms with van der Waals surface area (Å²) in [6.07, 6.45) is 1.24. The van der Waals surface area contributed by atoms with Gasteiger partial charge in [0.15, 0.2) is 0 Å². The minimum Gasteiger partial charge on any atom is -0.388 e. The summed E-state index contributed by atoms with van der Waals surface area (Å²) in [4.78, 5) is 2.02. The van der Waals surface area contributed by atoms with Gasteiger partial charge in [0.25, 0.3) is 0 Å². The second-order valence-corrected chi connectivity index (χ2v) is 5.83. The van der Waals surface area contributed by atoms with Crippen molar-refractivity contribution in [3.8, 4) is 0 Å². The van der Waals surface area contributed by atoms with Crippen molar-refractivity contribution in [2.45, 2.75) is 25.0 Å². The third kappa shape index (κ3) is 4.64. The third-order valence-electron chi connectivity index (χ3n) is 2.36. The first-order chi connectivity index (χ1) is 6.49. The standard InChI is InChI=1S/C10H22N2OS/c1-10(13,8-12(2)3)7-11-9-4-5-14-6-9/h9,11,13H,4-8H2,1-3H3. The van der Waals surface area contributed by atoms with Gasteiger partial charge in [0.05, 0.1) is 5.60 Å². The Morgan fingerprint density at radius 2 is 2.29 bits per heavy atom. The maximum Gasteiger partial charge on any atom is 0.0869 e. The molecule has 0 bridgehead atoms. The van der Waals surface area contributed by atoms with Crippen molar-refractivity contribution in [1.29, 1.82) is 0 Å². The lowest BCUT2D eigenvalue weighted by molar-refractivity contribution is 0.0320. The summed E-state index contributed by atoms with van der Waals surface area (Å²) in [6.45, 7) is 3.29. The van der Waals surface area contributed by atoms with Crippen molar-refractivity contribution >= 4 is 11.8 Å². The smallest absolute Gasteiger partial charge is 0.0869 e. The highest BCUT2D eigenvalue weighted by molar-refractivity contribution is 7.99. The molecule has 0 aromatic carbocycles. The molecule has 2 unspecified atom stereocenters. The number of aliphatic hydroxyl groups is 1. The van der Waals surface area contributed by atoms with Gasteiger partial charge in [-0.1, -0.05) is 0 Å². The Kier molecular flexibility index (Phi) is 4.70. The van der Waals surface area contributed by atoms with Crippen molar-refractivity contribution in [2.75, 3.05) is 38.7 Å². The van der Waals surface area contributed by atoms with E-state index in [9.17, 15) is 5.11 Å². The van der Waals surface area contributed by atoms with Crippen LogP contribution in [0.25, 0.3) is 0 Å². The molecule has 3 nitrogen and oxygen atoms in total. The van der Waals surface area contributed by atoms with Crippen LogP contribution in [0.3, 0.4) is 0 Å². The van der Waals surface area contributed by atoms with Gasteiger partial charge >= 0.3 is 0 Å². The second kappa shape index (κ2) is 5.35. The summed E-state index contributed by atoms with van der Waals surface area (Å²) in [5, 5.41) is 13.5. The molecule has 0 radical (unpaired) electrons. The minimum atomic E-state index is -0.614. The predicted octanol–water partition coefficient (Wildman–Crippen LogP) is 0.394. The molecule has 1 fully saturated rings. The summed E-state index contributed by atoms with van der Waals surface area (Å²) in [5.74, 6) is 2.45. The molecule has 0 amide bonds. The molecule has 1 aliphatic heterocycles. The maximum atomic E-state index is 10.0. The average Bonchev–Trinajstić information content (AvgIpc) is 2.50. The van der Waals surface area contributed by atoms with E-state index < -0.39 is 5.60 Å². The van der Waals surface area contributed by atoms with Crippen molar-refractivity contribution < 1.29 is 5.11 Å². The molecule has 84 valence electrons. The predicted molar refractivity (Wildman–Crippen MR) is 62.9 cm³/mol. The van der Waals surface area contributed by atoms with Crippen LogP contribution in [0, 0.1) is 0 Å². The van der Waals surface area contributed by atoms with E-state index in [1.165, 1.54) is 17.9 Å². The second-order valence-electron chi connectivity index (χ2n) is 4.68. The summed E-state index contributed by atoms with van der Waals surface area (Å²) < 4.78 is 0. The Balaban J connectivity index is 2.20. The zero-order chi connectivity index (χ0) is 10.6. The number of rotatable bonds is 5. The van der Waals surface area contributed by atoms with Gasteiger partial charge in [-0.05, 0) is 33.2 Å². The Hall–Kier alpha value is 0.230. The fraction of sp³-hybridized carbons (Fsp3) is 1.00. The summed E-state index contributed by atoms with van der Waals surface area (Å²) >= 11 is 1.99. The monoisotopic (exact) mass is 218 g/mol. The van der Waals surface area contributed by atoms with Gasteiger partial charge in [0.2, 0.25) is 0 Å². The lowest BCUT2D eigenvalue weighted by Crippen LogP contribution is -2.48. The molecule has 2 atom stereocenters. The number of likely N-dealkylation sites (N-methyl/N-ethyl adjacent to an activating group) is 1. The molecule has 0 spiro atoms. The Bertz CT molecular complexity index is 168. The lowest BCUT2D eigenvalue weighted by atomic mass is 10.1. The van der Waals surface area contributed by atoms with Crippen LogP contribution in [0.15, 0.2) is 0 Å². The first-order valence-corrected chi connectivity index (χ1v) is 6.33. The van der Waals surface area contributed by atoms with Gasteiger partial charge in [0.1, 0.15) is 0 Å². The van der Waals surface area contributed by atoms with Crippen LogP contribution in [0.4, 0.5) is 0 Å². The van der Waals surface area contributed by atoms with Gasteiger partial charge in [0, 0.05) is 24.9 Å². The van der Waals surface area contributed by atoms with E-state index in [0.717, 1.165) is 0 Å². The molecular formula is C10H22N2OS. The minimum absolute atomic E-state index is 0.605. The van der Waals surface area contributed by atoms with Crippen LogP contribution in [-0.4, -0.2) is 60.3 Å². The van der Waals surface area contributed by atoms with Gasteiger partial charge in [-0.25, -0.2) is 0 Å². The van der Waals surface area contributed by atoms with Crippen molar-refractivity contribution in [3.05, 3.63) is 0 Å². The van der Waals surface area contributed by atoms with Crippen molar-refractivity contribution in [1.82, 2.24) is 10.2 Å². The highest BCUT2D eigenvalue weighted by Gasteiger charge is 2.23. The third-order valence-corrected chi connectivity index (χ3v) is 3.52. The normalized spacial score (nSPS) is 26.8. The molecule has 0 saturated carbocycles. The van der Waals surface area contributed by atoms with Crippen LogP contribution in [-0.2, 0) is 0 Å². The summed E-state index contributed by atoms with van der Waals surface area (Å²) in [5.41, 5.74) is -0.614. The number of nitrogens with zero attached hydrogens (tertiary/aromatic N) is 1. The van der Waals surface area contributed by atoms with E-state index in [1.54, 1.807) is 0 Å². The van der Waals surface area contributed by atoms with Gasteiger partial charge in [-0.15, -0.1) is 0 Å². The molecule has 14 heavy (non-hydrogen) atoms. The van der Waals surface area contributed by atoms with E-state index in [2.05, 4.69) is 5.32 Å². The molecule has 0 aromatic rings. The number of hydrogen-bond acceptors (Lipinski definition) is 4. The van der Waals surface area contributed by atoms with Crippen LogP contribution in [0.5, 0.6) is 0 Å². The van der Waals surface area contributed by atoms with Gasteiger partial charge in [-0.2, -0.15) is 11.8 Å². The largest absolute Gasteiger partial charge is 0.388 e. The van der Waals surface area contributed by atoms with Crippen LogP contribution < -0.4 is 5.32 Å². The molecule has 2 N–H and O–H groups in total. The Labute approximate surface area is 91.2 Å². The SMILES string of the molecule is CN(C)CC(C)(O)CNC1CCSC1. The zero-order valence-corrected chi connectivity index (χ0v) is 10.2. The van der Waals surface area contributed by atoms with Gasteiger partial charge in [-0.3, -0.25) is 0 Å². The topological polar surface area (TPSA) is 35.5 Å². The quantitative estimate of drug-likeness (QED) is 0.700. The first-order valence-electron chi connectivity index (χ1n) is 5.18. The van der Waals surface area contributed by atoms with Crippen LogP contribution in [0.1, 0.15) is 13.3 Å². The fourth-order valence-electron chi connectivity index (χ4n) is 1.80. The van der Waals surface area contributed by atoms with Crippen LogP contribution >= 0.6 is 11.8 Å². The molecule has 4 heteroatoms. The average molecular weight is 218 g/mol. The van der Waals surface area contributed by atoms with E-state index in [4.69, 9.17) is 0 Å². The summed E-state index contributed by atoms with van der Waals surface area (Å²) in [6, 6.07) is 0.605. The van der Waals surface area contributed by atoms with Crippen LogP contribution in [0.2, 0.25) is 0 Å². The van der Waals surface area contributed by atoms with E-state index >= 15 is 0 Å². The van der Waals surface area contributed by atoms with Crippen molar-refractivity contribution in [3.63, 3.8) is 0 Å². The molecule has 0 aliphatic carbocycles. The molecule has 1 aliphatic rings. The van der Waals surface area contributed by atoms with E-state index in [-0.39, 0.29) is 0 Å². The highest BCUT2D eigenvalue weighted by atomic mass is 32.2. The first kappa shape index (κ1) is 12.3. The molecule has 1 saturated heterocycles. The molecular weight excluding hydrogens is 196 g/mol.